The van der Waals surface area contributed by atoms with Crippen LogP contribution < -0.4 is 15.5 Å². The van der Waals surface area contributed by atoms with Crippen LogP contribution in [0.3, 0.4) is 0 Å². The van der Waals surface area contributed by atoms with Crippen molar-refractivity contribution in [3.63, 3.8) is 0 Å². The van der Waals surface area contributed by atoms with Crippen molar-refractivity contribution in [2.75, 3.05) is 30.4 Å². The number of guanidine groups is 1. The molecule has 3 rings (SSSR count). The molecule has 2 aliphatic heterocycles. The number of fused-ring (bicyclic) bond motifs is 1. The zero-order valence-corrected chi connectivity index (χ0v) is 14.0. The Balaban J connectivity index is 2.18. The minimum Gasteiger partial charge on any atom is -0.371 e. The molecule has 0 bridgehead atoms. The number of rotatable bonds is 1. The summed E-state index contributed by atoms with van der Waals surface area (Å²) in [5, 5.41) is 6.88. The lowest BCUT2D eigenvalue weighted by Crippen LogP contribution is -2.27. The first-order valence-corrected chi connectivity index (χ1v) is 7.85. The van der Waals surface area contributed by atoms with Crippen molar-refractivity contribution in [1.82, 2.24) is 5.32 Å². The van der Waals surface area contributed by atoms with Gasteiger partial charge in [0.15, 0.2) is 5.96 Å². The van der Waals surface area contributed by atoms with Crippen molar-refractivity contribution in [1.29, 1.82) is 0 Å². The first-order chi connectivity index (χ1) is 9.93. The van der Waals surface area contributed by atoms with Crippen LogP contribution in [-0.4, -0.2) is 32.1 Å². The van der Waals surface area contributed by atoms with Gasteiger partial charge in [-0.2, -0.15) is 0 Å². The van der Waals surface area contributed by atoms with Crippen LogP contribution in [0.4, 0.5) is 11.4 Å². The second kappa shape index (κ2) is 4.93. The Bertz CT molecular complexity index is 618. The van der Waals surface area contributed by atoms with Crippen molar-refractivity contribution in [2.24, 2.45) is 4.99 Å². The molecule has 2 aliphatic rings. The molecule has 21 heavy (non-hydrogen) atoms. The maximum Gasteiger partial charge on any atom is 0.195 e. The second-order valence-electron chi connectivity index (χ2n) is 6.43. The third kappa shape index (κ3) is 2.00. The zero-order valence-electron chi connectivity index (χ0n) is 14.0. The predicted molar refractivity (Wildman–Crippen MR) is 90.9 cm³/mol. The number of aliphatic imine (C=N–C) groups is 1. The molecule has 0 aliphatic carbocycles. The van der Waals surface area contributed by atoms with E-state index in [1.165, 1.54) is 33.6 Å². The fraction of sp³-hybridized carbons (Fsp3) is 0.588. The van der Waals surface area contributed by atoms with Gasteiger partial charge in [-0.05, 0) is 44.4 Å². The Morgan fingerprint density at radius 2 is 1.86 bits per heavy atom. The third-order valence-electron chi connectivity index (χ3n) is 5.44. The SMILES string of the molecule is Cc1c(C)c(NC2=NCCN2)c2c(c1C)N(C)C(C)C2C. The highest BCUT2D eigenvalue weighted by atomic mass is 15.2. The fourth-order valence-electron chi connectivity index (χ4n) is 3.61. The first-order valence-electron chi connectivity index (χ1n) is 7.85. The number of hydrogen-bond acceptors (Lipinski definition) is 4. The Hall–Kier alpha value is -1.71. The maximum absolute atomic E-state index is 4.49. The molecule has 2 atom stereocenters. The van der Waals surface area contributed by atoms with Crippen molar-refractivity contribution in [3.05, 3.63) is 22.3 Å². The molecule has 4 nitrogen and oxygen atoms in total. The summed E-state index contributed by atoms with van der Waals surface area (Å²) in [6, 6.07) is 0.527. The number of anilines is 2. The second-order valence-corrected chi connectivity index (χ2v) is 6.43. The normalized spacial score (nSPS) is 23.9. The molecule has 0 saturated heterocycles. The monoisotopic (exact) mass is 286 g/mol. The molecule has 0 saturated carbocycles. The van der Waals surface area contributed by atoms with Crippen LogP contribution in [0, 0.1) is 20.8 Å². The first kappa shape index (κ1) is 14.2. The lowest BCUT2D eigenvalue weighted by Gasteiger charge is -2.23. The molecule has 2 unspecified atom stereocenters. The molecule has 2 N–H and O–H groups in total. The number of nitrogens with zero attached hydrogens (tertiary/aromatic N) is 2. The average molecular weight is 286 g/mol. The van der Waals surface area contributed by atoms with Crippen LogP contribution in [-0.2, 0) is 0 Å². The summed E-state index contributed by atoms with van der Waals surface area (Å²) >= 11 is 0. The van der Waals surface area contributed by atoms with Gasteiger partial charge in [0.1, 0.15) is 0 Å². The number of benzene rings is 1. The highest BCUT2D eigenvalue weighted by molar-refractivity contribution is 5.98. The summed E-state index contributed by atoms with van der Waals surface area (Å²) in [6.07, 6.45) is 0. The van der Waals surface area contributed by atoms with Gasteiger partial charge in [0.25, 0.3) is 0 Å². The highest BCUT2D eigenvalue weighted by Gasteiger charge is 2.35. The molecule has 0 spiro atoms. The third-order valence-corrected chi connectivity index (χ3v) is 5.44. The van der Waals surface area contributed by atoms with Crippen molar-refractivity contribution >= 4 is 17.3 Å². The minimum absolute atomic E-state index is 0.521. The van der Waals surface area contributed by atoms with Crippen molar-refractivity contribution < 1.29 is 0 Å². The van der Waals surface area contributed by atoms with E-state index in [1.54, 1.807) is 0 Å². The Morgan fingerprint density at radius 3 is 2.48 bits per heavy atom. The predicted octanol–water partition coefficient (Wildman–Crippen LogP) is 2.92. The van der Waals surface area contributed by atoms with E-state index < -0.39 is 0 Å². The highest BCUT2D eigenvalue weighted by Crippen LogP contribution is 2.48. The van der Waals surface area contributed by atoms with Crippen LogP contribution in [0.25, 0.3) is 0 Å². The molecule has 2 heterocycles. The van der Waals surface area contributed by atoms with Gasteiger partial charge < -0.3 is 15.5 Å². The number of nitrogens with one attached hydrogen (secondary N) is 2. The largest absolute Gasteiger partial charge is 0.371 e. The summed E-state index contributed by atoms with van der Waals surface area (Å²) in [6.45, 7) is 13.1. The van der Waals surface area contributed by atoms with E-state index in [0.29, 0.717) is 12.0 Å². The maximum atomic E-state index is 4.49. The van der Waals surface area contributed by atoms with Crippen LogP contribution in [0.1, 0.15) is 42.0 Å². The molecule has 0 radical (unpaired) electrons. The standard InChI is InChI=1S/C17H26N4/c1-9-10(2)15(20-17-18-7-8-19-17)14-12(4)13(5)21(6)16(14)11(9)3/h12-13H,7-8H2,1-6H3,(H2,18,19,20). The average Bonchev–Trinajstić information content (AvgIpc) is 3.04. The number of hydrogen-bond donors (Lipinski definition) is 2. The lowest BCUT2D eigenvalue weighted by molar-refractivity contribution is 0.626. The van der Waals surface area contributed by atoms with E-state index in [0.717, 1.165) is 19.0 Å². The molecule has 4 heteroatoms. The van der Waals surface area contributed by atoms with E-state index in [4.69, 9.17) is 0 Å². The summed E-state index contributed by atoms with van der Waals surface area (Å²) < 4.78 is 0. The Morgan fingerprint density at radius 1 is 1.14 bits per heavy atom. The van der Waals surface area contributed by atoms with Gasteiger partial charge in [0, 0.05) is 42.5 Å². The minimum atomic E-state index is 0.521. The van der Waals surface area contributed by atoms with Gasteiger partial charge in [-0.3, -0.25) is 4.99 Å². The van der Waals surface area contributed by atoms with Gasteiger partial charge in [-0.25, -0.2) is 0 Å². The molecule has 0 aromatic heterocycles. The van der Waals surface area contributed by atoms with Crippen LogP contribution in [0.2, 0.25) is 0 Å². The quantitative estimate of drug-likeness (QED) is 0.834. The summed E-state index contributed by atoms with van der Waals surface area (Å²) in [7, 11) is 2.21. The summed E-state index contributed by atoms with van der Waals surface area (Å²) in [5.41, 5.74) is 8.24. The number of likely N-dealkylation sites (N-methyl/N-ethyl adjacent to an activating group) is 1. The molecular formula is C17H26N4. The van der Waals surface area contributed by atoms with Crippen molar-refractivity contribution in [2.45, 2.75) is 46.6 Å². The topological polar surface area (TPSA) is 39.7 Å². The molecule has 0 fully saturated rings. The molecule has 0 amide bonds. The Kier molecular flexibility index (Phi) is 3.34. The summed E-state index contributed by atoms with van der Waals surface area (Å²) in [5.74, 6) is 1.44. The van der Waals surface area contributed by atoms with Gasteiger partial charge in [0.05, 0.1) is 6.54 Å². The van der Waals surface area contributed by atoms with E-state index in [1.807, 2.05) is 0 Å². The molecule has 114 valence electrons. The van der Waals surface area contributed by atoms with Crippen LogP contribution in [0.5, 0.6) is 0 Å². The van der Waals surface area contributed by atoms with Gasteiger partial charge in [-0.15, -0.1) is 0 Å². The fourth-order valence-corrected chi connectivity index (χ4v) is 3.61. The molecular weight excluding hydrogens is 260 g/mol. The lowest BCUT2D eigenvalue weighted by atomic mass is 9.90. The molecule has 1 aromatic carbocycles. The van der Waals surface area contributed by atoms with E-state index in [-0.39, 0.29) is 0 Å². The van der Waals surface area contributed by atoms with Crippen LogP contribution >= 0.6 is 0 Å². The molecule has 1 aromatic rings. The smallest absolute Gasteiger partial charge is 0.195 e. The zero-order chi connectivity index (χ0) is 15.3. The van der Waals surface area contributed by atoms with Gasteiger partial charge in [0.2, 0.25) is 0 Å². The van der Waals surface area contributed by atoms with Crippen molar-refractivity contribution in [3.8, 4) is 0 Å². The summed E-state index contributed by atoms with van der Waals surface area (Å²) in [4.78, 5) is 6.92. The van der Waals surface area contributed by atoms with Crippen LogP contribution in [0.15, 0.2) is 4.99 Å². The van der Waals surface area contributed by atoms with Gasteiger partial charge >= 0.3 is 0 Å². The van der Waals surface area contributed by atoms with E-state index >= 15 is 0 Å². The van der Waals surface area contributed by atoms with E-state index in [9.17, 15) is 0 Å². The van der Waals surface area contributed by atoms with Gasteiger partial charge in [-0.1, -0.05) is 6.92 Å². The Labute approximate surface area is 127 Å². The van der Waals surface area contributed by atoms with E-state index in [2.05, 4.69) is 62.2 Å².